The summed E-state index contributed by atoms with van der Waals surface area (Å²) in [4.78, 5) is 31.7. The van der Waals surface area contributed by atoms with Crippen molar-refractivity contribution in [2.24, 2.45) is 5.41 Å². The van der Waals surface area contributed by atoms with Gasteiger partial charge in [-0.25, -0.2) is 0 Å². The van der Waals surface area contributed by atoms with E-state index in [9.17, 15) is 9.59 Å². The van der Waals surface area contributed by atoms with Gasteiger partial charge in [-0.05, 0) is 61.3 Å². The average Bonchev–Trinajstić information content (AvgIpc) is 3.40. The van der Waals surface area contributed by atoms with E-state index >= 15 is 0 Å². The van der Waals surface area contributed by atoms with Crippen molar-refractivity contribution in [3.8, 4) is 0 Å². The molecule has 0 bridgehead atoms. The normalized spacial score (nSPS) is 22.2. The number of benzene rings is 1. The van der Waals surface area contributed by atoms with Crippen LogP contribution in [-0.2, 0) is 9.59 Å². The van der Waals surface area contributed by atoms with Crippen LogP contribution in [0.4, 0.5) is 5.00 Å². The lowest BCUT2D eigenvalue weighted by atomic mass is 9.76. The molecular formula is C24H32N4O2S. The van der Waals surface area contributed by atoms with Crippen LogP contribution < -0.4 is 4.90 Å². The fourth-order valence-electron chi connectivity index (χ4n) is 5.65. The molecular weight excluding hydrogens is 408 g/mol. The molecule has 166 valence electrons. The molecule has 5 rings (SSSR count). The first-order chi connectivity index (χ1) is 15.1. The molecule has 1 aromatic heterocycles. The number of fused-ring (bicyclic) bond motifs is 1. The van der Waals surface area contributed by atoms with Crippen LogP contribution in [0.1, 0.15) is 51.4 Å². The molecule has 1 spiro atoms. The van der Waals surface area contributed by atoms with Crippen molar-refractivity contribution in [3.63, 3.8) is 0 Å². The number of nitrogens with zero attached hydrogens (tertiary/aromatic N) is 4. The molecule has 3 aliphatic rings. The molecule has 1 aromatic carbocycles. The topological polar surface area (TPSA) is 56.8 Å². The third-order valence-electron chi connectivity index (χ3n) is 7.45. The number of unbranched alkanes of at least 4 members (excludes halogenated alkanes) is 1. The molecule has 7 heteroatoms. The highest BCUT2D eigenvalue weighted by Crippen LogP contribution is 2.46. The molecule has 2 aliphatic heterocycles. The number of rotatable bonds is 6. The Kier molecular flexibility index (Phi) is 5.97. The quantitative estimate of drug-likeness (QED) is 0.504. The summed E-state index contributed by atoms with van der Waals surface area (Å²) in [5.74, 6) is 0.145. The number of aromatic nitrogens is 1. The molecule has 2 saturated heterocycles. The van der Waals surface area contributed by atoms with Crippen LogP contribution in [0, 0.1) is 5.41 Å². The Hall–Kier alpha value is -1.99. The number of piperidine rings is 1. The molecule has 6 nitrogen and oxygen atoms in total. The highest BCUT2D eigenvalue weighted by molar-refractivity contribution is 7.11. The molecule has 0 radical (unpaired) electrons. The second kappa shape index (κ2) is 8.87. The van der Waals surface area contributed by atoms with E-state index in [1.54, 1.807) is 16.4 Å². The van der Waals surface area contributed by atoms with Gasteiger partial charge in [0.25, 0.3) is 0 Å². The predicted octanol–water partition coefficient (Wildman–Crippen LogP) is 3.91. The smallest absolute Gasteiger partial charge is 0.229 e. The predicted molar refractivity (Wildman–Crippen MR) is 124 cm³/mol. The van der Waals surface area contributed by atoms with Crippen LogP contribution in [0.15, 0.2) is 24.3 Å². The number of carbonyl (C=O) groups excluding carboxylic acids is 2. The maximum absolute atomic E-state index is 12.6. The molecule has 3 fully saturated rings. The molecule has 0 atom stereocenters. The summed E-state index contributed by atoms with van der Waals surface area (Å²) in [6.07, 6.45) is 7.58. The van der Waals surface area contributed by atoms with Gasteiger partial charge in [0.1, 0.15) is 5.00 Å². The fraction of sp³-hybridized carbons (Fsp3) is 0.625. The van der Waals surface area contributed by atoms with E-state index in [1.165, 1.54) is 23.2 Å². The first-order valence-corrected chi connectivity index (χ1v) is 12.6. The Morgan fingerprint density at radius 2 is 1.58 bits per heavy atom. The summed E-state index contributed by atoms with van der Waals surface area (Å²) in [6.45, 7) is 5.79. The average molecular weight is 441 g/mol. The fourth-order valence-corrected chi connectivity index (χ4v) is 6.56. The Morgan fingerprint density at radius 3 is 2.32 bits per heavy atom. The minimum absolute atomic E-state index is 0.00769. The van der Waals surface area contributed by atoms with E-state index < -0.39 is 0 Å². The number of anilines is 1. The third kappa shape index (κ3) is 4.35. The monoisotopic (exact) mass is 440 g/mol. The SMILES string of the molecule is O=C1CC2(CCCC2)CC(=O)N1CCCCN1CCN(c2snc3ccccc23)CC1. The van der Waals surface area contributed by atoms with E-state index in [2.05, 4.69) is 32.4 Å². The van der Waals surface area contributed by atoms with Gasteiger partial charge >= 0.3 is 0 Å². The Labute approximate surface area is 188 Å². The van der Waals surface area contributed by atoms with Crippen LogP contribution >= 0.6 is 11.5 Å². The molecule has 0 N–H and O–H groups in total. The standard InChI is InChI=1S/C24H32N4O2S/c29-21-17-24(9-3-4-10-24)18-22(30)28(21)12-6-5-11-26-13-15-27(16-14-26)23-19-7-1-2-8-20(19)25-31-23/h1-2,7-8H,3-6,9-18H2. The van der Waals surface area contributed by atoms with Crippen LogP contribution in [0.25, 0.3) is 10.9 Å². The van der Waals surface area contributed by atoms with Crippen molar-refractivity contribution >= 4 is 39.3 Å². The van der Waals surface area contributed by atoms with Gasteiger partial charge in [0.2, 0.25) is 11.8 Å². The van der Waals surface area contributed by atoms with Gasteiger partial charge in [-0.2, -0.15) is 4.37 Å². The highest BCUT2D eigenvalue weighted by Gasteiger charge is 2.44. The summed E-state index contributed by atoms with van der Waals surface area (Å²) >= 11 is 1.60. The minimum atomic E-state index is 0.00769. The molecule has 2 amide bonds. The summed E-state index contributed by atoms with van der Waals surface area (Å²) in [5.41, 5.74) is 1.10. The first kappa shape index (κ1) is 20.9. The largest absolute Gasteiger partial charge is 0.359 e. The maximum atomic E-state index is 12.6. The van der Waals surface area contributed by atoms with Crippen molar-refractivity contribution in [1.82, 2.24) is 14.2 Å². The van der Waals surface area contributed by atoms with Crippen LogP contribution in [-0.4, -0.2) is 65.3 Å². The molecule has 2 aromatic rings. The third-order valence-corrected chi connectivity index (χ3v) is 8.39. The van der Waals surface area contributed by atoms with Crippen LogP contribution in [0.5, 0.6) is 0 Å². The lowest BCUT2D eigenvalue weighted by Gasteiger charge is -2.37. The van der Waals surface area contributed by atoms with E-state index in [1.807, 2.05) is 6.07 Å². The number of carbonyl (C=O) groups is 2. The van der Waals surface area contributed by atoms with Gasteiger partial charge in [0, 0.05) is 51.0 Å². The maximum Gasteiger partial charge on any atom is 0.229 e. The van der Waals surface area contributed by atoms with E-state index in [-0.39, 0.29) is 17.2 Å². The lowest BCUT2D eigenvalue weighted by Crippen LogP contribution is -2.48. The zero-order valence-corrected chi connectivity index (χ0v) is 19.0. The number of imide groups is 1. The number of hydrogen-bond donors (Lipinski definition) is 0. The number of hydrogen-bond acceptors (Lipinski definition) is 6. The van der Waals surface area contributed by atoms with E-state index in [0.717, 1.165) is 63.9 Å². The zero-order valence-electron chi connectivity index (χ0n) is 18.2. The summed E-state index contributed by atoms with van der Waals surface area (Å²) in [7, 11) is 0. The van der Waals surface area contributed by atoms with Crippen molar-refractivity contribution in [2.45, 2.75) is 51.4 Å². The Bertz CT molecular complexity index is 924. The second-order valence-electron chi connectivity index (χ2n) is 9.54. The van der Waals surface area contributed by atoms with Crippen molar-refractivity contribution < 1.29 is 9.59 Å². The minimum Gasteiger partial charge on any atom is -0.359 e. The van der Waals surface area contributed by atoms with Gasteiger partial charge in [-0.3, -0.25) is 19.4 Å². The number of amides is 2. The zero-order chi connectivity index (χ0) is 21.3. The number of piperazine rings is 1. The summed E-state index contributed by atoms with van der Waals surface area (Å²) in [6, 6.07) is 8.37. The number of likely N-dealkylation sites (tertiary alicyclic amines) is 1. The molecule has 31 heavy (non-hydrogen) atoms. The van der Waals surface area contributed by atoms with E-state index in [4.69, 9.17) is 0 Å². The van der Waals surface area contributed by atoms with Gasteiger partial charge in [0.15, 0.2) is 0 Å². The summed E-state index contributed by atoms with van der Waals surface area (Å²) < 4.78 is 4.58. The summed E-state index contributed by atoms with van der Waals surface area (Å²) in [5, 5.41) is 2.55. The van der Waals surface area contributed by atoms with Gasteiger partial charge in [-0.1, -0.05) is 25.0 Å². The molecule has 0 unspecified atom stereocenters. The van der Waals surface area contributed by atoms with Crippen molar-refractivity contribution in [2.75, 3.05) is 44.2 Å². The first-order valence-electron chi connectivity index (χ1n) is 11.8. The molecule has 3 heterocycles. The van der Waals surface area contributed by atoms with Gasteiger partial charge < -0.3 is 4.90 Å². The molecule has 1 aliphatic carbocycles. The van der Waals surface area contributed by atoms with Crippen molar-refractivity contribution in [3.05, 3.63) is 24.3 Å². The van der Waals surface area contributed by atoms with Gasteiger partial charge in [0.05, 0.1) is 5.52 Å². The van der Waals surface area contributed by atoms with E-state index in [0.29, 0.717) is 19.4 Å². The molecule has 1 saturated carbocycles. The van der Waals surface area contributed by atoms with Crippen LogP contribution in [0.3, 0.4) is 0 Å². The Morgan fingerprint density at radius 1 is 0.903 bits per heavy atom. The van der Waals surface area contributed by atoms with Crippen molar-refractivity contribution in [1.29, 1.82) is 0 Å². The highest BCUT2D eigenvalue weighted by atomic mass is 32.1. The van der Waals surface area contributed by atoms with Gasteiger partial charge in [-0.15, -0.1) is 0 Å². The Balaban J connectivity index is 1.05. The second-order valence-corrected chi connectivity index (χ2v) is 10.3. The van der Waals surface area contributed by atoms with Crippen LogP contribution in [0.2, 0.25) is 0 Å². The lowest BCUT2D eigenvalue weighted by molar-refractivity contribution is -0.153.